The van der Waals surface area contributed by atoms with Crippen LogP contribution in [0.15, 0.2) is 0 Å². The van der Waals surface area contributed by atoms with Crippen LogP contribution in [-0.2, 0) is 32.7 Å². The number of esters is 2. The monoisotopic (exact) mass is 790 g/mol. The number of hydrogen-bond donors (Lipinski definition) is 0. The summed E-state index contributed by atoms with van der Waals surface area (Å²) in [6.07, 6.45) is 36.9. The number of phosphoric ester groups is 1. The number of likely N-dealkylation sites (N-methyl/N-ethyl adjacent to an activating group) is 1. The molecule has 10 heteroatoms. The fourth-order valence-electron chi connectivity index (χ4n) is 6.54. The van der Waals surface area contributed by atoms with Crippen molar-refractivity contribution in [2.24, 2.45) is 0 Å². The second kappa shape index (κ2) is 37.6. The third-order valence-electron chi connectivity index (χ3n) is 10.1. The Bertz CT molecular complexity index is 896. The van der Waals surface area contributed by atoms with Crippen LogP contribution in [0, 0.1) is 0 Å². The van der Waals surface area contributed by atoms with Gasteiger partial charge in [0.25, 0.3) is 7.82 Å². The van der Waals surface area contributed by atoms with Gasteiger partial charge >= 0.3 is 11.9 Å². The van der Waals surface area contributed by atoms with Gasteiger partial charge in [-0.1, -0.05) is 194 Å². The number of unbranched alkanes of at least 4 members (excludes halogenated alkanes) is 28. The van der Waals surface area contributed by atoms with E-state index in [4.69, 9.17) is 18.5 Å². The molecule has 2 unspecified atom stereocenters. The topological polar surface area (TPSA) is 111 Å². The van der Waals surface area contributed by atoms with Crippen molar-refractivity contribution in [3.8, 4) is 0 Å². The Balaban J connectivity index is 4.27. The summed E-state index contributed by atoms with van der Waals surface area (Å²) < 4.78 is 33.9. The molecule has 0 saturated heterocycles. The molecule has 0 saturated carbocycles. The molecule has 0 N–H and O–H groups in total. The van der Waals surface area contributed by atoms with Gasteiger partial charge in [-0.05, 0) is 12.8 Å². The van der Waals surface area contributed by atoms with Crippen LogP contribution in [0.5, 0.6) is 0 Å². The molecular formula is C44H88NO8P. The first-order chi connectivity index (χ1) is 26.0. The van der Waals surface area contributed by atoms with E-state index in [0.29, 0.717) is 17.4 Å². The number of hydrogen-bond acceptors (Lipinski definition) is 8. The highest BCUT2D eigenvalue weighted by Gasteiger charge is 2.21. The Labute approximate surface area is 334 Å². The zero-order valence-corrected chi connectivity index (χ0v) is 37.1. The van der Waals surface area contributed by atoms with Crippen LogP contribution in [0.2, 0.25) is 0 Å². The lowest BCUT2D eigenvalue weighted by atomic mass is 10.0. The van der Waals surface area contributed by atoms with Crippen LogP contribution < -0.4 is 4.89 Å². The predicted molar refractivity (Wildman–Crippen MR) is 222 cm³/mol. The molecule has 322 valence electrons. The van der Waals surface area contributed by atoms with Crippen LogP contribution in [0.3, 0.4) is 0 Å². The molecule has 0 aliphatic heterocycles. The Morgan fingerprint density at radius 1 is 0.500 bits per heavy atom. The molecule has 9 nitrogen and oxygen atoms in total. The van der Waals surface area contributed by atoms with Crippen LogP contribution in [-0.4, -0.2) is 70.0 Å². The van der Waals surface area contributed by atoms with Gasteiger partial charge in [-0.2, -0.15) is 0 Å². The molecule has 54 heavy (non-hydrogen) atoms. The molecule has 0 fully saturated rings. The van der Waals surface area contributed by atoms with Crippen molar-refractivity contribution in [2.75, 3.05) is 47.5 Å². The molecule has 0 aromatic heterocycles. The van der Waals surface area contributed by atoms with Gasteiger partial charge in [0.05, 0.1) is 27.7 Å². The normalized spacial score (nSPS) is 13.5. The average Bonchev–Trinajstić information content (AvgIpc) is 3.12. The van der Waals surface area contributed by atoms with E-state index in [9.17, 15) is 19.0 Å². The summed E-state index contributed by atoms with van der Waals surface area (Å²) in [7, 11) is 1.18. The van der Waals surface area contributed by atoms with E-state index in [-0.39, 0.29) is 32.0 Å². The summed E-state index contributed by atoms with van der Waals surface area (Å²) >= 11 is 0. The number of phosphoric acid groups is 1. The Morgan fingerprint density at radius 2 is 0.833 bits per heavy atom. The highest BCUT2D eigenvalue weighted by Crippen LogP contribution is 2.38. The van der Waals surface area contributed by atoms with E-state index in [0.717, 1.165) is 32.1 Å². The van der Waals surface area contributed by atoms with Crippen LogP contribution in [0.25, 0.3) is 0 Å². The summed E-state index contributed by atoms with van der Waals surface area (Å²) in [5, 5.41) is 0. The van der Waals surface area contributed by atoms with Crippen molar-refractivity contribution < 1.29 is 42.1 Å². The van der Waals surface area contributed by atoms with Gasteiger partial charge in [0.1, 0.15) is 19.8 Å². The summed E-state index contributed by atoms with van der Waals surface area (Å²) in [6.45, 7) is 4.26. The largest absolute Gasteiger partial charge is 0.756 e. The number of ether oxygens (including phenoxy) is 2. The molecule has 0 aliphatic rings. The molecule has 0 rings (SSSR count). The summed E-state index contributed by atoms with van der Waals surface area (Å²) in [5.41, 5.74) is 0. The quantitative estimate of drug-likeness (QED) is 0.0260. The van der Waals surface area contributed by atoms with Gasteiger partial charge in [0.2, 0.25) is 0 Å². The van der Waals surface area contributed by atoms with Crippen LogP contribution in [0.4, 0.5) is 0 Å². The minimum Gasteiger partial charge on any atom is -0.756 e. The highest BCUT2D eigenvalue weighted by atomic mass is 31.2. The zero-order chi connectivity index (χ0) is 40.0. The molecule has 0 spiro atoms. The number of quaternary nitrogens is 1. The van der Waals surface area contributed by atoms with Gasteiger partial charge in [-0.25, -0.2) is 0 Å². The van der Waals surface area contributed by atoms with E-state index in [1.165, 1.54) is 154 Å². The zero-order valence-electron chi connectivity index (χ0n) is 36.2. The van der Waals surface area contributed by atoms with E-state index in [2.05, 4.69) is 13.8 Å². The molecule has 0 aromatic carbocycles. The van der Waals surface area contributed by atoms with Gasteiger partial charge in [-0.15, -0.1) is 0 Å². The predicted octanol–water partition coefficient (Wildman–Crippen LogP) is 12.2. The smallest absolute Gasteiger partial charge is 0.306 e. The minimum absolute atomic E-state index is 0.0257. The second-order valence-corrected chi connectivity index (χ2v) is 18.2. The number of rotatable bonds is 42. The minimum atomic E-state index is -4.61. The Kier molecular flexibility index (Phi) is 36.9. The molecule has 0 bridgehead atoms. The van der Waals surface area contributed by atoms with Crippen LogP contribution in [0.1, 0.15) is 219 Å². The van der Waals surface area contributed by atoms with Crippen molar-refractivity contribution >= 4 is 19.8 Å². The van der Waals surface area contributed by atoms with Gasteiger partial charge in [0.15, 0.2) is 6.10 Å². The maximum Gasteiger partial charge on any atom is 0.306 e. The van der Waals surface area contributed by atoms with Crippen molar-refractivity contribution in [1.29, 1.82) is 0 Å². The molecular weight excluding hydrogens is 701 g/mol. The van der Waals surface area contributed by atoms with E-state index >= 15 is 0 Å². The molecule has 0 heterocycles. The summed E-state index contributed by atoms with van der Waals surface area (Å²) in [4.78, 5) is 37.5. The molecule has 0 amide bonds. The Hall–Kier alpha value is -0.990. The van der Waals surface area contributed by atoms with E-state index in [1.54, 1.807) is 0 Å². The second-order valence-electron chi connectivity index (χ2n) is 16.8. The standard InChI is InChI=1S/C44H88NO8P/c1-6-8-10-12-14-16-18-20-21-22-23-24-25-27-29-31-33-35-37-44(47)53-42(41-52-54(48,49)51-39-38-45(3,4)5)40-50-43(46)36-34-32-30-28-26-19-17-15-13-11-9-7-2/h42H,6-41H2,1-5H3. The molecule has 0 aliphatic carbocycles. The lowest BCUT2D eigenvalue weighted by Gasteiger charge is -2.28. The highest BCUT2D eigenvalue weighted by molar-refractivity contribution is 7.45. The molecule has 2 atom stereocenters. The van der Waals surface area contributed by atoms with Crippen molar-refractivity contribution in [3.05, 3.63) is 0 Å². The lowest BCUT2D eigenvalue weighted by Crippen LogP contribution is -2.37. The van der Waals surface area contributed by atoms with E-state index < -0.39 is 26.5 Å². The summed E-state index contributed by atoms with van der Waals surface area (Å²) in [6, 6.07) is 0. The van der Waals surface area contributed by atoms with Gasteiger partial charge < -0.3 is 27.9 Å². The SMILES string of the molecule is CCCCCCCCCCCCCCCCCCCCC(=O)OC(COC(=O)CCCCCCCCCCCCCC)COP(=O)([O-])OCC[N+](C)(C)C. The first-order valence-corrected chi connectivity index (χ1v) is 24.2. The molecule has 0 radical (unpaired) electrons. The number of carbonyl (C=O) groups excluding carboxylic acids is 2. The van der Waals surface area contributed by atoms with E-state index in [1.807, 2.05) is 21.1 Å². The number of carbonyl (C=O) groups is 2. The Morgan fingerprint density at radius 3 is 1.19 bits per heavy atom. The maximum absolute atomic E-state index is 12.7. The fourth-order valence-corrected chi connectivity index (χ4v) is 7.27. The van der Waals surface area contributed by atoms with Gasteiger partial charge in [0, 0.05) is 12.8 Å². The van der Waals surface area contributed by atoms with Crippen LogP contribution >= 0.6 is 7.82 Å². The third kappa shape index (κ3) is 40.7. The fraction of sp³-hybridized carbons (Fsp3) is 0.955. The third-order valence-corrected chi connectivity index (χ3v) is 11.1. The first-order valence-electron chi connectivity index (χ1n) is 22.7. The number of nitrogens with zero attached hydrogens (tertiary/aromatic N) is 1. The molecule has 0 aromatic rings. The van der Waals surface area contributed by atoms with Crippen molar-refractivity contribution in [3.63, 3.8) is 0 Å². The maximum atomic E-state index is 12.7. The average molecular weight is 790 g/mol. The first kappa shape index (κ1) is 53.0. The van der Waals surface area contributed by atoms with Gasteiger partial charge in [-0.3, -0.25) is 14.2 Å². The van der Waals surface area contributed by atoms with Crippen molar-refractivity contribution in [1.82, 2.24) is 0 Å². The summed E-state index contributed by atoms with van der Waals surface area (Å²) in [5.74, 6) is -0.820. The lowest BCUT2D eigenvalue weighted by molar-refractivity contribution is -0.870. The van der Waals surface area contributed by atoms with Crippen molar-refractivity contribution in [2.45, 2.75) is 225 Å².